The van der Waals surface area contributed by atoms with E-state index < -0.39 is 120 Å². The topological polar surface area (TPSA) is 186 Å². The van der Waals surface area contributed by atoms with E-state index in [0.29, 0.717) is 11.1 Å². The number of carbonyl (C=O) groups excluding carboxylic acids is 8. The van der Waals surface area contributed by atoms with Crippen LogP contribution < -0.4 is 0 Å². The van der Waals surface area contributed by atoms with Gasteiger partial charge in [0, 0.05) is 53.9 Å². The summed E-state index contributed by atoms with van der Waals surface area (Å²) < 4.78 is 55.3. The van der Waals surface area contributed by atoms with Crippen molar-refractivity contribution in [1.82, 2.24) is 19.6 Å². The molecule has 0 aliphatic carbocycles. The monoisotopic (exact) mass is 1100 g/mol. The lowest BCUT2D eigenvalue weighted by Gasteiger charge is -2.36. The normalized spacial score (nSPS) is 24.3. The van der Waals surface area contributed by atoms with Crippen LogP contribution in [0.5, 0.6) is 0 Å². The van der Waals surface area contributed by atoms with Crippen molar-refractivity contribution >= 4 is 47.5 Å². The van der Waals surface area contributed by atoms with Gasteiger partial charge >= 0.3 is 23.9 Å². The molecule has 0 aromatic heterocycles. The zero-order valence-corrected chi connectivity index (χ0v) is 50.1. The molecule has 0 radical (unpaired) electrons. The molecule has 1 fully saturated rings. The summed E-state index contributed by atoms with van der Waals surface area (Å²) in [5.74, 6) is -8.53. The lowest BCUT2D eigenvalue weighted by Crippen LogP contribution is -2.55. The molecule has 0 spiro atoms. The minimum Gasteiger partial charge on any atom is -0.451 e. The Bertz CT molecular complexity index is 2250. The van der Waals surface area contributed by atoms with Crippen LogP contribution in [-0.4, -0.2) is 155 Å². The van der Waals surface area contributed by atoms with Crippen molar-refractivity contribution in [3.05, 3.63) is 70.8 Å². The van der Waals surface area contributed by atoms with Gasteiger partial charge in [-0.25, -0.2) is 28.0 Å². The quantitative estimate of drug-likeness (QED) is 0.146. The number of hydrogen-bond donors (Lipinski definition) is 0. The number of rotatable bonds is 12. The average Bonchev–Trinajstić information content (AvgIpc) is 3.32. The van der Waals surface area contributed by atoms with Gasteiger partial charge in [-0.15, -0.1) is 0 Å². The van der Waals surface area contributed by atoms with Crippen molar-refractivity contribution in [2.75, 3.05) is 28.2 Å². The van der Waals surface area contributed by atoms with Crippen molar-refractivity contribution in [2.24, 2.45) is 11.8 Å². The highest BCUT2D eigenvalue weighted by Gasteiger charge is 2.44. The number of alkyl halides is 2. The fourth-order valence-electron chi connectivity index (χ4n) is 9.15. The molecule has 436 valence electrons. The highest BCUT2D eigenvalue weighted by atomic mass is 19.1. The molecule has 16 nitrogen and oxygen atoms in total. The highest BCUT2D eigenvalue weighted by Crippen LogP contribution is 2.29. The molecule has 4 amide bonds. The van der Waals surface area contributed by atoms with E-state index in [9.17, 15) is 38.4 Å². The summed E-state index contributed by atoms with van der Waals surface area (Å²) in [5, 5.41) is 0. The van der Waals surface area contributed by atoms with E-state index in [4.69, 9.17) is 18.9 Å². The van der Waals surface area contributed by atoms with Crippen molar-refractivity contribution in [2.45, 2.75) is 220 Å². The molecule has 0 N–H and O–H groups in total. The minimum atomic E-state index is -2.10. The van der Waals surface area contributed by atoms with Crippen LogP contribution in [-0.2, 0) is 81.0 Å². The first-order valence-corrected chi connectivity index (χ1v) is 27.1. The molecule has 18 heteroatoms. The van der Waals surface area contributed by atoms with Crippen molar-refractivity contribution in [3.63, 3.8) is 0 Å². The number of carbonyl (C=O) groups is 8. The van der Waals surface area contributed by atoms with E-state index in [-0.39, 0.29) is 48.3 Å². The van der Waals surface area contributed by atoms with Crippen LogP contribution in [0.4, 0.5) is 8.78 Å². The maximum absolute atomic E-state index is 15.8. The van der Waals surface area contributed by atoms with E-state index >= 15 is 8.78 Å². The second-order valence-electron chi connectivity index (χ2n) is 25.3. The van der Waals surface area contributed by atoms with Crippen LogP contribution in [0.3, 0.4) is 0 Å². The largest absolute Gasteiger partial charge is 0.451 e. The molecule has 0 bridgehead atoms. The van der Waals surface area contributed by atoms with Crippen LogP contribution in [0.25, 0.3) is 0 Å². The zero-order chi connectivity index (χ0) is 59.7. The Morgan fingerprint density at radius 3 is 0.923 bits per heavy atom. The van der Waals surface area contributed by atoms with Crippen molar-refractivity contribution < 1.29 is 66.1 Å². The smallest absolute Gasteiger partial charge is 0.329 e. The van der Waals surface area contributed by atoms with E-state index in [2.05, 4.69) is 0 Å². The van der Waals surface area contributed by atoms with Gasteiger partial charge in [0.2, 0.25) is 0 Å². The number of halogens is 2. The van der Waals surface area contributed by atoms with E-state index in [1.165, 1.54) is 69.7 Å². The second-order valence-corrected chi connectivity index (χ2v) is 25.3. The fraction of sp³-hybridized carbons (Fsp3) is 0.667. The summed E-state index contributed by atoms with van der Waals surface area (Å²) >= 11 is 0. The molecule has 1 aliphatic rings. The number of hydrogen-bond acceptors (Lipinski definition) is 12. The number of amides is 4. The van der Waals surface area contributed by atoms with Gasteiger partial charge in [0.25, 0.3) is 23.6 Å². The molecule has 78 heavy (non-hydrogen) atoms. The number of esters is 4. The third-order valence-corrected chi connectivity index (χ3v) is 13.9. The number of benzene rings is 2. The first-order valence-electron chi connectivity index (χ1n) is 27.1. The molecule has 2 aromatic carbocycles. The van der Waals surface area contributed by atoms with Gasteiger partial charge in [-0.05, 0) is 99.3 Å². The van der Waals surface area contributed by atoms with Gasteiger partial charge in [0.05, 0.1) is 0 Å². The lowest BCUT2D eigenvalue weighted by molar-refractivity contribution is -0.176. The number of likely N-dealkylation sites (N-methyl/N-ethyl adjacent to an activating group) is 4. The second kappa shape index (κ2) is 26.8. The lowest BCUT2D eigenvalue weighted by atomic mass is 9.86. The van der Waals surface area contributed by atoms with E-state index in [0.717, 1.165) is 30.7 Å². The van der Waals surface area contributed by atoms with E-state index in [1.54, 1.807) is 52.0 Å². The Labute approximate surface area is 462 Å². The Balaban J connectivity index is 2.33. The molecule has 2 aromatic rings. The van der Waals surface area contributed by atoms with Crippen molar-refractivity contribution in [3.8, 4) is 0 Å². The molecule has 1 saturated heterocycles. The molecule has 1 heterocycles. The minimum absolute atomic E-state index is 0.00288. The third kappa shape index (κ3) is 19.2. The number of ether oxygens (including phenoxy) is 4. The molecular formula is C60H90F2N4O12. The summed E-state index contributed by atoms with van der Waals surface area (Å²) in [7, 11) is 5.05. The summed E-state index contributed by atoms with van der Waals surface area (Å²) in [6.07, 6.45) is -8.30. The third-order valence-electron chi connectivity index (χ3n) is 13.9. The Hall–Kier alpha value is -5.94. The highest BCUT2D eigenvalue weighted by molar-refractivity contribution is 5.94. The van der Waals surface area contributed by atoms with Crippen molar-refractivity contribution in [1.29, 1.82) is 0 Å². The molecular weight excluding hydrogens is 1010 g/mol. The van der Waals surface area contributed by atoms with Gasteiger partial charge in [-0.3, -0.25) is 19.2 Å². The van der Waals surface area contributed by atoms with Crippen LogP contribution >= 0.6 is 0 Å². The van der Waals surface area contributed by atoms with Gasteiger partial charge < -0.3 is 38.5 Å². The fourth-order valence-corrected chi connectivity index (χ4v) is 9.15. The van der Waals surface area contributed by atoms with Crippen LogP contribution in [0.15, 0.2) is 48.5 Å². The summed E-state index contributed by atoms with van der Waals surface area (Å²) in [4.78, 5) is 120. The van der Waals surface area contributed by atoms with E-state index in [1.807, 2.05) is 65.8 Å². The summed E-state index contributed by atoms with van der Waals surface area (Å²) in [6, 6.07) is 8.37. The Morgan fingerprint density at radius 1 is 0.423 bits per heavy atom. The summed E-state index contributed by atoms with van der Waals surface area (Å²) in [5.41, 5.74) is -1.61. The number of cyclic esters (lactones) is 4. The zero-order valence-electron chi connectivity index (χ0n) is 50.1. The van der Waals surface area contributed by atoms with Crippen LogP contribution in [0, 0.1) is 11.8 Å². The molecule has 0 unspecified atom stereocenters. The van der Waals surface area contributed by atoms with Gasteiger partial charge in [-0.1, -0.05) is 118 Å². The molecule has 8 atom stereocenters. The Morgan fingerprint density at radius 2 is 0.679 bits per heavy atom. The predicted molar refractivity (Wildman–Crippen MR) is 293 cm³/mol. The maximum Gasteiger partial charge on any atom is 0.329 e. The molecule has 3 rings (SSSR count). The molecule has 1 aliphatic heterocycles. The average molecular weight is 1100 g/mol. The van der Waals surface area contributed by atoms with Gasteiger partial charge in [0.15, 0.2) is 24.4 Å². The SMILES string of the molecule is CC(C)C[C@H]1C(=O)O[C@H](Cc2ccc(C(C)(C)C)cc2)C(=O)N(C)[C@@H](CC(C)(C)F)C(=O)O[C@H](C)C(=O)N(C)[C@@H](CC(C)C)C(=O)O[C@H](Cc2ccc(C(C)(C)C)cc2)C(=O)N(C)[C@@H](CC(C)(C)F)C(=O)O[C@H](C)C(=O)N1C. The van der Waals surface area contributed by atoms with Crippen LogP contribution in [0.1, 0.15) is 159 Å². The first kappa shape index (κ1) is 66.3. The van der Waals surface area contributed by atoms with Gasteiger partial charge in [-0.2, -0.15) is 0 Å². The summed E-state index contributed by atoms with van der Waals surface area (Å²) in [6.45, 7) is 26.6. The van der Waals surface area contributed by atoms with Crippen LogP contribution in [0.2, 0.25) is 0 Å². The Kier molecular flexibility index (Phi) is 22.8. The van der Waals surface area contributed by atoms with Gasteiger partial charge in [0.1, 0.15) is 35.5 Å². The predicted octanol–water partition coefficient (Wildman–Crippen LogP) is 8.44. The standard InChI is InChI=1S/C60H90F2N4O12/c1-35(2)29-43-53(71)77-47(31-39-21-25-41(26-22-39)57(7,8)9)51(69)65(19)46(34-60(15,16)62)56(74)76-38(6)50(68)64(18)44(30-36(3)4)54(72)78-48(32-40-23-27-42(28-24-40)58(10,11)12)52(70)66(20)45(33-59(13,14)61)55(73)75-37(5)49(67)63(43)17/h21-28,35-38,43-48H,29-34H2,1-20H3/t37-,38-,43+,44+,45+,46+,47-,48-/m1/s1. The maximum atomic E-state index is 15.8. The molecule has 0 saturated carbocycles. The first-order chi connectivity index (χ1) is 35.6. The number of nitrogens with zero attached hydrogens (tertiary/aromatic N) is 4.